The Kier molecular flexibility index (Phi) is 2.94. The summed E-state index contributed by atoms with van der Waals surface area (Å²) in [4.78, 5) is 19.7. The first-order chi connectivity index (χ1) is 7.66. The average Bonchev–Trinajstić information content (AvgIpc) is 2.60. The number of hydrazone groups is 1. The van der Waals surface area contributed by atoms with Crippen LogP contribution in [0.5, 0.6) is 0 Å². The molecule has 0 bridgehead atoms. The summed E-state index contributed by atoms with van der Waals surface area (Å²) in [5, 5.41) is 5.62. The third-order valence-corrected chi connectivity index (χ3v) is 2.24. The minimum absolute atomic E-state index is 0.0313. The maximum Gasteiger partial charge on any atom is 0.254 e. The van der Waals surface area contributed by atoms with Crippen LogP contribution >= 0.6 is 0 Å². The summed E-state index contributed by atoms with van der Waals surface area (Å²) < 4.78 is 0. The second-order valence-electron chi connectivity index (χ2n) is 4.21. The Morgan fingerprint density at radius 1 is 1.44 bits per heavy atom. The van der Waals surface area contributed by atoms with Crippen LogP contribution < -0.4 is 5.01 Å². The van der Waals surface area contributed by atoms with Crippen LogP contribution in [0.2, 0.25) is 0 Å². The van der Waals surface area contributed by atoms with Crippen molar-refractivity contribution in [1.29, 1.82) is 0 Å². The van der Waals surface area contributed by atoms with E-state index in [2.05, 4.69) is 28.9 Å². The van der Waals surface area contributed by atoms with Crippen molar-refractivity contribution in [3.8, 4) is 0 Å². The lowest BCUT2D eigenvalue weighted by molar-refractivity contribution is -0.116. The zero-order chi connectivity index (χ0) is 11.5. The average molecular weight is 218 g/mol. The molecule has 5 nitrogen and oxygen atoms in total. The fourth-order valence-corrected chi connectivity index (χ4v) is 1.65. The topological polar surface area (TPSA) is 58.5 Å². The Morgan fingerprint density at radius 2 is 2.25 bits per heavy atom. The van der Waals surface area contributed by atoms with Crippen LogP contribution in [-0.2, 0) is 4.79 Å². The molecule has 0 atom stereocenters. The van der Waals surface area contributed by atoms with Crippen molar-refractivity contribution in [2.45, 2.75) is 26.7 Å². The standard InChI is InChI=1S/C11H14N4O/c1-8(2)5-9-6-11(16)15(14-9)10-7-12-3-4-13-10/h3-4,7-8H,5-6H2,1-2H3. The Labute approximate surface area is 94.2 Å². The van der Waals surface area contributed by atoms with E-state index in [0.29, 0.717) is 18.2 Å². The van der Waals surface area contributed by atoms with Crippen molar-refractivity contribution in [1.82, 2.24) is 9.97 Å². The van der Waals surface area contributed by atoms with E-state index in [-0.39, 0.29) is 5.91 Å². The van der Waals surface area contributed by atoms with E-state index in [0.717, 1.165) is 12.1 Å². The highest BCUT2D eigenvalue weighted by molar-refractivity contribution is 6.12. The van der Waals surface area contributed by atoms with Crippen molar-refractivity contribution >= 4 is 17.4 Å². The molecule has 5 heteroatoms. The molecule has 0 spiro atoms. The molecule has 16 heavy (non-hydrogen) atoms. The predicted molar refractivity (Wildman–Crippen MR) is 61.0 cm³/mol. The van der Waals surface area contributed by atoms with Gasteiger partial charge in [-0.2, -0.15) is 10.1 Å². The first-order valence-electron chi connectivity index (χ1n) is 5.32. The van der Waals surface area contributed by atoms with Crippen LogP contribution in [0, 0.1) is 5.92 Å². The minimum Gasteiger partial charge on any atom is -0.272 e. The Hall–Kier alpha value is -1.78. The van der Waals surface area contributed by atoms with Crippen molar-refractivity contribution in [2.24, 2.45) is 11.0 Å². The highest BCUT2D eigenvalue weighted by Crippen LogP contribution is 2.19. The molecule has 2 heterocycles. The summed E-state index contributed by atoms with van der Waals surface area (Å²) in [7, 11) is 0. The molecule has 0 aromatic carbocycles. The quantitative estimate of drug-likeness (QED) is 0.774. The van der Waals surface area contributed by atoms with Gasteiger partial charge in [-0.15, -0.1) is 0 Å². The van der Waals surface area contributed by atoms with Crippen molar-refractivity contribution in [3.05, 3.63) is 18.6 Å². The molecule has 1 aliphatic heterocycles. The third-order valence-electron chi connectivity index (χ3n) is 2.24. The van der Waals surface area contributed by atoms with Crippen LogP contribution in [-0.4, -0.2) is 21.6 Å². The summed E-state index contributed by atoms with van der Waals surface area (Å²) in [5.41, 5.74) is 0.922. The summed E-state index contributed by atoms with van der Waals surface area (Å²) in [6, 6.07) is 0. The number of rotatable bonds is 3. The second kappa shape index (κ2) is 4.38. The smallest absolute Gasteiger partial charge is 0.254 e. The van der Waals surface area contributed by atoms with Gasteiger partial charge in [0.25, 0.3) is 5.91 Å². The van der Waals surface area contributed by atoms with Crippen LogP contribution in [0.25, 0.3) is 0 Å². The van der Waals surface area contributed by atoms with Gasteiger partial charge in [-0.25, -0.2) is 4.98 Å². The summed E-state index contributed by atoms with van der Waals surface area (Å²) >= 11 is 0. The van der Waals surface area contributed by atoms with Gasteiger partial charge in [-0.1, -0.05) is 13.8 Å². The molecule has 1 aromatic rings. The number of carbonyl (C=O) groups is 1. The van der Waals surface area contributed by atoms with Crippen LogP contribution in [0.1, 0.15) is 26.7 Å². The molecule has 0 saturated carbocycles. The zero-order valence-corrected chi connectivity index (χ0v) is 9.42. The molecule has 1 aliphatic rings. The number of anilines is 1. The maximum atomic E-state index is 11.7. The Morgan fingerprint density at radius 3 is 2.88 bits per heavy atom. The third kappa shape index (κ3) is 2.24. The zero-order valence-electron chi connectivity index (χ0n) is 9.42. The number of hydrogen-bond acceptors (Lipinski definition) is 4. The van der Waals surface area contributed by atoms with Gasteiger partial charge < -0.3 is 0 Å². The highest BCUT2D eigenvalue weighted by atomic mass is 16.2. The highest BCUT2D eigenvalue weighted by Gasteiger charge is 2.26. The van der Waals surface area contributed by atoms with Gasteiger partial charge in [0.05, 0.1) is 12.6 Å². The first-order valence-corrected chi connectivity index (χ1v) is 5.32. The molecule has 0 saturated heterocycles. The number of carbonyl (C=O) groups excluding carboxylic acids is 1. The van der Waals surface area contributed by atoms with E-state index in [1.165, 1.54) is 5.01 Å². The van der Waals surface area contributed by atoms with Crippen molar-refractivity contribution < 1.29 is 4.79 Å². The normalized spacial score (nSPS) is 15.8. The molecule has 1 amide bonds. The number of amides is 1. The molecule has 0 unspecified atom stereocenters. The van der Waals surface area contributed by atoms with Gasteiger partial charge in [0.1, 0.15) is 0 Å². The number of nitrogens with zero attached hydrogens (tertiary/aromatic N) is 4. The monoisotopic (exact) mass is 218 g/mol. The lowest BCUT2D eigenvalue weighted by Crippen LogP contribution is -2.20. The summed E-state index contributed by atoms with van der Waals surface area (Å²) in [6.45, 7) is 4.22. The fraction of sp³-hybridized carbons (Fsp3) is 0.455. The Balaban J connectivity index is 2.17. The van der Waals surface area contributed by atoms with E-state index in [1.54, 1.807) is 18.6 Å². The molecular weight excluding hydrogens is 204 g/mol. The molecular formula is C11H14N4O. The van der Waals surface area contributed by atoms with Gasteiger partial charge in [0.15, 0.2) is 5.82 Å². The first kappa shape index (κ1) is 10.7. The number of hydrogen-bond donors (Lipinski definition) is 0. The van der Waals surface area contributed by atoms with Crippen molar-refractivity contribution in [2.75, 3.05) is 5.01 Å². The van der Waals surface area contributed by atoms with Crippen LogP contribution in [0.3, 0.4) is 0 Å². The Bertz CT molecular complexity index is 413. The lowest BCUT2D eigenvalue weighted by atomic mass is 10.1. The molecule has 0 fully saturated rings. The van der Waals surface area contributed by atoms with E-state index in [9.17, 15) is 4.79 Å². The van der Waals surface area contributed by atoms with Crippen LogP contribution in [0.15, 0.2) is 23.7 Å². The predicted octanol–water partition coefficient (Wildman–Crippen LogP) is 1.62. The fourth-order valence-electron chi connectivity index (χ4n) is 1.65. The second-order valence-corrected chi connectivity index (χ2v) is 4.21. The van der Waals surface area contributed by atoms with Gasteiger partial charge in [-0.05, 0) is 12.3 Å². The molecule has 2 rings (SSSR count). The van der Waals surface area contributed by atoms with Gasteiger partial charge in [0, 0.05) is 18.1 Å². The van der Waals surface area contributed by atoms with E-state index in [4.69, 9.17) is 0 Å². The largest absolute Gasteiger partial charge is 0.272 e. The summed E-state index contributed by atoms with van der Waals surface area (Å²) in [6.07, 6.45) is 5.92. The van der Waals surface area contributed by atoms with Gasteiger partial charge in [-0.3, -0.25) is 9.78 Å². The summed E-state index contributed by atoms with van der Waals surface area (Å²) in [5.74, 6) is 0.968. The maximum absolute atomic E-state index is 11.7. The molecule has 0 N–H and O–H groups in total. The van der Waals surface area contributed by atoms with E-state index in [1.807, 2.05) is 0 Å². The molecule has 1 aromatic heterocycles. The molecule has 0 aliphatic carbocycles. The minimum atomic E-state index is -0.0313. The van der Waals surface area contributed by atoms with Gasteiger partial charge >= 0.3 is 0 Å². The number of aromatic nitrogens is 2. The van der Waals surface area contributed by atoms with Gasteiger partial charge in [0.2, 0.25) is 0 Å². The lowest BCUT2D eigenvalue weighted by Gasteiger charge is -2.08. The molecule has 0 radical (unpaired) electrons. The van der Waals surface area contributed by atoms with E-state index < -0.39 is 0 Å². The SMILES string of the molecule is CC(C)CC1=NN(c2cnccn2)C(=O)C1. The van der Waals surface area contributed by atoms with Crippen LogP contribution in [0.4, 0.5) is 5.82 Å². The molecule has 84 valence electrons. The van der Waals surface area contributed by atoms with Crippen molar-refractivity contribution in [3.63, 3.8) is 0 Å². The van der Waals surface area contributed by atoms with E-state index >= 15 is 0 Å².